The zero-order chi connectivity index (χ0) is 24.9. The summed E-state index contributed by atoms with van der Waals surface area (Å²) in [5.74, 6) is -0.110. The van der Waals surface area contributed by atoms with Gasteiger partial charge < -0.3 is 14.4 Å². The molecule has 2 N–H and O–H groups in total. The average molecular weight is 478 g/mol. The quantitative estimate of drug-likeness (QED) is 0.466. The topological polar surface area (TPSA) is 79.9 Å². The van der Waals surface area contributed by atoms with Crippen LogP contribution in [0.4, 0.5) is 15.8 Å². The lowest BCUT2D eigenvalue weighted by Gasteiger charge is -2.18. The number of hydrogen-bond donors (Lipinski definition) is 2. The van der Waals surface area contributed by atoms with Crippen molar-refractivity contribution in [2.45, 2.75) is 26.9 Å². The van der Waals surface area contributed by atoms with Crippen LogP contribution in [-0.4, -0.2) is 25.5 Å². The summed E-state index contributed by atoms with van der Waals surface area (Å²) in [5.41, 5.74) is 10.1. The van der Waals surface area contributed by atoms with Gasteiger partial charge in [-0.05, 0) is 66.9 Å². The van der Waals surface area contributed by atoms with E-state index in [0.717, 1.165) is 22.4 Å². The predicted molar refractivity (Wildman–Crippen MR) is 132 cm³/mol. The monoisotopic (exact) mass is 477 g/mol. The average Bonchev–Trinajstić information content (AvgIpc) is 3.25. The molecule has 0 spiro atoms. The number of ether oxygens (including phenoxy) is 2. The van der Waals surface area contributed by atoms with Crippen molar-refractivity contribution in [3.63, 3.8) is 0 Å². The van der Waals surface area contributed by atoms with E-state index in [4.69, 9.17) is 9.47 Å². The highest BCUT2D eigenvalue weighted by Crippen LogP contribution is 2.31. The summed E-state index contributed by atoms with van der Waals surface area (Å²) in [5, 5.41) is 0. The summed E-state index contributed by atoms with van der Waals surface area (Å²) in [6, 6.07) is 17.1. The maximum Gasteiger partial charge on any atom is 0.243 e. The molecule has 2 amide bonds. The van der Waals surface area contributed by atoms with Crippen LogP contribution < -0.4 is 25.2 Å². The number of carbonyl (C=O) groups excluding carboxylic acids is 2. The van der Waals surface area contributed by atoms with Crippen LogP contribution >= 0.6 is 0 Å². The second kappa shape index (κ2) is 10.5. The molecule has 3 aromatic rings. The Labute approximate surface area is 203 Å². The summed E-state index contributed by atoms with van der Waals surface area (Å²) >= 11 is 0. The van der Waals surface area contributed by atoms with Crippen LogP contribution in [0.2, 0.25) is 0 Å². The van der Waals surface area contributed by atoms with Crippen molar-refractivity contribution in [2.75, 3.05) is 24.0 Å². The van der Waals surface area contributed by atoms with Crippen molar-refractivity contribution in [1.82, 2.24) is 5.43 Å². The van der Waals surface area contributed by atoms with Gasteiger partial charge in [-0.1, -0.05) is 18.2 Å². The van der Waals surface area contributed by atoms with Gasteiger partial charge in [-0.15, -0.1) is 0 Å². The number of methoxy groups -OCH3 is 1. The van der Waals surface area contributed by atoms with Crippen LogP contribution in [0.5, 0.6) is 11.5 Å². The number of hydrogen-bond acceptors (Lipinski definition) is 5. The van der Waals surface area contributed by atoms with Crippen molar-refractivity contribution in [3.05, 3.63) is 83.2 Å². The molecule has 35 heavy (non-hydrogen) atoms. The third-order valence-corrected chi connectivity index (χ3v) is 6.10. The minimum Gasteiger partial charge on any atom is -0.493 e. The molecule has 0 aromatic heterocycles. The fraction of sp³-hybridized carbons (Fsp3) is 0.259. The van der Waals surface area contributed by atoms with E-state index >= 15 is 0 Å². The number of amides is 2. The maximum atomic E-state index is 13.1. The number of nitrogens with zero attached hydrogens (tertiary/aromatic N) is 1. The molecule has 0 unspecified atom stereocenters. The minimum atomic E-state index is -0.461. The highest BCUT2D eigenvalue weighted by Gasteiger charge is 2.35. The summed E-state index contributed by atoms with van der Waals surface area (Å²) < 4.78 is 24.3. The Morgan fingerprint density at radius 2 is 1.80 bits per heavy atom. The Balaban J connectivity index is 1.33. The number of carbonyl (C=O) groups is 2. The van der Waals surface area contributed by atoms with E-state index in [1.165, 1.54) is 19.2 Å². The van der Waals surface area contributed by atoms with Crippen LogP contribution in [0.25, 0.3) is 0 Å². The van der Waals surface area contributed by atoms with Gasteiger partial charge in [-0.25, -0.2) is 4.39 Å². The Morgan fingerprint density at radius 3 is 2.51 bits per heavy atom. The highest BCUT2D eigenvalue weighted by molar-refractivity contribution is 6.00. The molecule has 1 aliphatic heterocycles. The summed E-state index contributed by atoms with van der Waals surface area (Å²) in [7, 11) is 1.52. The van der Waals surface area contributed by atoms with Crippen LogP contribution in [0.1, 0.15) is 23.1 Å². The van der Waals surface area contributed by atoms with E-state index in [1.807, 2.05) is 32.0 Å². The Morgan fingerprint density at radius 1 is 1.03 bits per heavy atom. The maximum absolute atomic E-state index is 13.1. The molecule has 1 fully saturated rings. The first kappa shape index (κ1) is 24.1. The lowest BCUT2D eigenvalue weighted by Crippen LogP contribution is -2.36. The molecule has 4 rings (SSSR count). The van der Waals surface area contributed by atoms with Crippen molar-refractivity contribution in [2.24, 2.45) is 5.92 Å². The highest BCUT2D eigenvalue weighted by atomic mass is 19.1. The summed E-state index contributed by atoms with van der Waals surface area (Å²) in [6.45, 7) is 4.61. The summed E-state index contributed by atoms with van der Waals surface area (Å²) in [6.07, 6.45) is 0.153. The molecule has 1 atom stereocenters. The number of rotatable bonds is 8. The van der Waals surface area contributed by atoms with Crippen molar-refractivity contribution in [3.8, 4) is 11.5 Å². The number of anilines is 2. The largest absolute Gasteiger partial charge is 0.493 e. The van der Waals surface area contributed by atoms with Crippen LogP contribution in [0.15, 0.2) is 60.7 Å². The zero-order valence-corrected chi connectivity index (χ0v) is 19.9. The molecule has 3 aromatic carbocycles. The van der Waals surface area contributed by atoms with Crippen molar-refractivity contribution < 1.29 is 23.5 Å². The molecule has 1 saturated heterocycles. The molecular formula is C27H28FN3O4. The molecule has 8 heteroatoms. The van der Waals surface area contributed by atoms with Gasteiger partial charge in [0, 0.05) is 24.7 Å². The molecular weight excluding hydrogens is 449 g/mol. The molecule has 0 radical (unpaired) electrons. The fourth-order valence-electron chi connectivity index (χ4n) is 3.87. The Hall–Kier alpha value is -4.07. The molecule has 182 valence electrons. The van der Waals surface area contributed by atoms with Crippen LogP contribution in [0.3, 0.4) is 0 Å². The third-order valence-electron chi connectivity index (χ3n) is 6.10. The molecule has 0 bridgehead atoms. The molecule has 0 aliphatic carbocycles. The Kier molecular flexibility index (Phi) is 7.19. The number of benzene rings is 3. The number of nitrogens with one attached hydrogen (secondary N) is 2. The second-order valence-corrected chi connectivity index (χ2v) is 8.57. The van der Waals surface area contributed by atoms with Gasteiger partial charge in [0.2, 0.25) is 11.8 Å². The van der Waals surface area contributed by atoms with E-state index in [1.54, 1.807) is 35.2 Å². The van der Waals surface area contributed by atoms with Crippen molar-refractivity contribution >= 4 is 23.2 Å². The van der Waals surface area contributed by atoms with Gasteiger partial charge in [0.15, 0.2) is 11.5 Å². The van der Waals surface area contributed by atoms with Gasteiger partial charge in [-0.3, -0.25) is 20.4 Å². The predicted octanol–water partition coefficient (Wildman–Crippen LogP) is 4.53. The van der Waals surface area contributed by atoms with Gasteiger partial charge in [0.05, 0.1) is 18.7 Å². The Bertz CT molecular complexity index is 1230. The second-order valence-electron chi connectivity index (χ2n) is 8.57. The fourth-order valence-corrected chi connectivity index (χ4v) is 3.87. The lowest BCUT2D eigenvalue weighted by atomic mass is 10.1. The first-order valence-corrected chi connectivity index (χ1v) is 11.3. The van der Waals surface area contributed by atoms with Crippen molar-refractivity contribution in [1.29, 1.82) is 0 Å². The molecule has 1 heterocycles. The van der Waals surface area contributed by atoms with Crippen LogP contribution in [-0.2, 0) is 16.2 Å². The first-order chi connectivity index (χ1) is 16.8. The van der Waals surface area contributed by atoms with Gasteiger partial charge in [0.1, 0.15) is 12.4 Å². The van der Waals surface area contributed by atoms with Gasteiger partial charge >= 0.3 is 0 Å². The third kappa shape index (κ3) is 5.71. The summed E-state index contributed by atoms with van der Waals surface area (Å²) in [4.78, 5) is 26.9. The van der Waals surface area contributed by atoms with Crippen LogP contribution in [0, 0.1) is 25.6 Å². The molecule has 7 nitrogen and oxygen atoms in total. The SMILES string of the molecule is COc1cc(NNC(=O)[C@@H]2CC(=O)N(c3ccc(C)c(C)c3)C2)ccc1OCc1ccc(F)cc1. The standard InChI is InChI=1S/C27H28FN3O4/c1-17-4-10-23(12-18(17)2)31-15-20(13-26(31)32)27(33)30-29-22-9-11-24(25(14-22)34-3)35-16-19-5-7-21(28)8-6-19/h4-12,14,20,29H,13,15-16H2,1-3H3,(H,30,33)/t20-/m1/s1. The normalized spacial score (nSPS) is 15.1. The minimum absolute atomic E-state index is 0.0715. The van der Waals surface area contributed by atoms with Gasteiger partial charge in [-0.2, -0.15) is 0 Å². The van der Waals surface area contributed by atoms with E-state index in [-0.39, 0.29) is 30.7 Å². The zero-order valence-electron chi connectivity index (χ0n) is 19.9. The van der Waals surface area contributed by atoms with E-state index in [0.29, 0.717) is 23.7 Å². The number of halogens is 1. The molecule has 1 aliphatic rings. The molecule has 0 saturated carbocycles. The van der Waals surface area contributed by atoms with E-state index in [2.05, 4.69) is 10.9 Å². The van der Waals surface area contributed by atoms with Gasteiger partial charge in [0.25, 0.3) is 0 Å². The lowest BCUT2D eigenvalue weighted by molar-refractivity contribution is -0.125. The number of hydrazine groups is 1. The van der Waals surface area contributed by atoms with E-state index in [9.17, 15) is 14.0 Å². The first-order valence-electron chi connectivity index (χ1n) is 11.3. The van der Waals surface area contributed by atoms with E-state index < -0.39 is 5.92 Å². The number of aryl methyl sites for hydroxylation is 2. The smallest absolute Gasteiger partial charge is 0.243 e.